The summed E-state index contributed by atoms with van der Waals surface area (Å²) >= 11 is 3.42. The predicted molar refractivity (Wildman–Crippen MR) is 102 cm³/mol. The van der Waals surface area contributed by atoms with Crippen molar-refractivity contribution < 1.29 is 14.6 Å². The lowest BCUT2D eigenvalue weighted by Gasteiger charge is -2.11. The minimum absolute atomic E-state index is 0.349. The molecule has 0 aliphatic heterocycles. The maximum absolute atomic E-state index is 9.89. The highest BCUT2D eigenvalue weighted by Gasteiger charge is 2.05. The van der Waals surface area contributed by atoms with Gasteiger partial charge in [-0.2, -0.15) is 0 Å². The summed E-state index contributed by atoms with van der Waals surface area (Å²) < 4.78 is 11.0. The summed E-state index contributed by atoms with van der Waals surface area (Å²) in [6, 6.07) is 20.4. The highest BCUT2D eigenvalue weighted by molar-refractivity contribution is 7.99. The van der Waals surface area contributed by atoms with Crippen LogP contribution >= 0.6 is 23.5 Å². The number of thioether (sulfide) groups is 2. The Morgan fingerprint density at radius 2 is 1.33 bits per heavy atom. The van der Waals surface area contributed by atoms with Gasteiger partial charge in [-0.25, -0.2) is 0 Å². The van der Waals surface area contributed by atoms with Crippen LogP contribution in [0.15, 0.2) is 70.5 Å². The largest absolute Gasteiger partial charge is 0.390 e. The molecule has 24 heavy (non-hydrogen) atoms. The maximum Gasteiger partial charge on any atom is 0.0867 e. The van der Waals surface area contributed by atoms with E-state index in [-0.39, 0.29) is 0 Å². The Morgan fingerprint density at radius 1 is 0.750 bits per heavy atom. The molecule has 130 valence electrons. The van der Waals surface area contributed by atoms with E-state index in [9.17, 15) is 5.11 Å². The molecule has 0 amide bonds. The maximum atomic E-state index is 9.89. The summed E-state index contributed by atoms with van der Waals surface area (Å²) in [6.07, 6.45) is -0.455. The predicted octanol–water partition coefficient (Wildman–Crippen LogP) is 3.97. The molecule has 0 unspecified atom stereocenters. The van der Waals surface area contributed by atoms with Crippen LogP contribution in [0.5, 0.6) is 0 Å². The van der Waals surface area contributed by atoms with Crippen molar-refractivity contribution in [2.45, 2.75) is 15.9 Å². The zero-order valence-corrected chi connectivity index (χ0v) is 15.3. The van der Waals surface area contributed by atoms with Crippen molar-refractivity contribution in [1.29, 1.82) is 0 Å². The summed E-state index contributed by atoms with van der Waals surface area (Å²) in [6.45, 7) is 2.13. The van der Waals surface area contributed by atoms with Crippen molar-refractivity contribution in [2.75, 3.05) is 37.9 Å². The lowest BCUT2D eigenvalue weighted by atomic mass is 10.4. The molecule has 2 aromatic carbocycles. The minimum atomic E-state index is -0.455. The van der Waals surface area contributed by atoms with Crippen LogP contribution in [0.1, 0.15) is 0 Å². The third-order valence-corrected chi connectivity index (χ3v) is 5.24. The van der Waals surface area contributed by atoms with Gasteiger partial charge < -0.3 is 14.6 Å². The monoisotopic (exact) mass is 364 g/mol. The van der Waals surface area contributed by atoms with Crippen LogP contribution in [-0.4, -0.2) is 49.1 Å². The molecule has 0 aliphatic rings. The second-order valence-corrected chi connectivity index (χ2v) is 7.39. The number of ether oxygens (including phenoxy) is 2. The van der Waals surface area contributed by atoms with Crippen LogP contribution < -0.4 is 0 Å². The molecule has 0 bridgehead atoms. The number of aliphatic hydroxyl groups is 1. The molecule has 0 saturated heterocycles. The van der Waals surface area contributed by atoms with Crippen molar-refractivity contribution in [1.82, 2.24) is 0 Å². The lowest BCUT2D eigenvalue weighted by Crippen LogP contribution is -2.19. The fraction of sp³-hybridized carbons (Fsp3) is 0.368. The van der Waals surface area contributed by atoms with Crippen molar-refractivity contribution in [3.63, 3.8) is 0 Å². The first kappa shape index (κ1) is 19.3. The quantitative estimate of drug-likeness (QED) is 0.456. The van der Waals surface area contributed by atoms with E-state index in [1.807, 2.05) is 48.5 Å². The van der Waals surface area contributed by atoms with Gasteiger partial charge in [-0.3, -0.25) is 0 Å². The first-order chi connectivity index (χ1) is 11.8. The van der Waals surface area contributed by atoms with E-state index < -0.39 is 6.10 Å². The second kappa shape index (κ2) is 12.4. The summed E-state index contributed by atoms with van der Waals surface area (Å²) in [5.41, 5.74) is 0. The molecular weight excluding hydrogens is 340 g/mol. The van der Waals surface area contributed by atoms with Crippen LogP contribution in [0, 0.1) is 0 Å². The zero-order valence-electron chi connectivity index (χ0n) is 13.7. The molecule has 0 heterocycles. The number of rotatable bonds is 12. The zero-order chi connectivity index (χ0) is 16.9. The van der Waals surface area contributed by atoms with Gasteiger partial charge in [0.05, 0.1) is 32.5 Å². The Labute approximate surface area is 152 Å². The Bertz CT molecular complexity index is 537. The first-order valence-electron chi connectivity index (χ1n) is 8.04. The SMILES string of the molecule is O[C@H](COCCOCCSc1ccccc1)CSc1ccccc1. The lowest BCUT2D eigenvalue weighted by molar-refractivity contribution is 0.0139. The Balaban J connectivity index is 1.41. The van der Waals surface area contributed by atoms with E-state index in [1.165, 1.54) is 4.90 Å². The fourth-order valence-corrected chi connectivity index (χ4v) is 3.55. The number of aliphatic hydroxyl groups excluding tert-OH is 1. The highest BCUT2D eigenvalue weighted by atomic mass is 32.2. The molecule has 0 aliphatic carbocycles. The Morgan fingerprint density at radius 3 is 2.00 bits per heavy atom. The first-order valence-corrected chi connectivity index (χ1v) is 10.0. The van der Waals surface area contributed by atoms with Crippen LogP contribution in [-0.2, 0) is 9.47 Å². The van der Waals surface area contributed by atoms with Gasteiger partial charge in [0.25, 0.3) is 0 Å². The third-order valence-electron chi connectivity index (χ3n) is 3.11. The van der Waals surface area contributed by atoms with Gasteiger partial charge in [-0.05, 0) is 24.3 Å². The van der Waals surface area contributed by atoms with E-state index >= 15 is 0 Å². The van der Waals surface area contributed by atoms with E-state index in [0.29, 0.717) is 32.2 Å². The standard InChI is InChI=1S/C19H24O3S2/c20-17(16-24-19-9-5-2-6-10-19)15-22-12-11-21-13-14-23-18-7-3-1-4-8-18/h1-10,17,20H,11-16H2/t17-/m1/s1. The molecular formula is C19H24O3S2. The van der Waals surface area contributed by atoms with E-state index in [0.717, 1.165) is 10.6 Å². The molecule has 0 saturated carbocycles. The molecule has 1 N–H and O–H groups in total. The van der Waals surface area contributed by atoms with Gasteiger partial charge in [0.2, 0.25) is 0 Å². The number of hydrogen-bond donors (Lipinski definition) is 1. The minimum Gasteiger partial charge on any atom is -0.390 e. The molecule has 0 aromatic heterocycles. The van der Waals surface area contributed by atoms with Crippen molar-refractivity contribution in [2.24, 2.45) is 0 Å². The smallest absolute Gasteiger partial charge is 0.0867 e. The molecule has 0 radical (unpaired) electrons. The normalized spacial score (nSPS) is 12.2. The molecule has 0 spiro atoms. The average molecular weight is 365 g/mol. The molecule has 5 heteroatoms. The van der Waals surface area contributed by atoms with E-state index in [4.69, 9.17) is 9.47 Å². The van der Waals surface area contributed by atoms with Gasteiger partial charge in [0.1, 0.15) is 0 Å². The van der Waals surface area contributed by atoms with Gasteiger partial charge in [0, 0.05) is 21.3 Å². The van der Waals surface area contributed by atoms with E-state index in [2.05, 4.69) is 12.1 Å². The molecule has 1 atom stereocenters. The second-order valence-electron chi connectivity index (χ2n) is 5.13. The van der Waals surface area contributed by atoms with Gasteiger partial charge in [0.15, 0.2) is 0 Å². The summed E-state index contributed by atoms with van der Waals surface area (Å²) in [7, 11) is 0. The van der Waals surface area contributed by atoms with Crippen molar-refractivity contribution in [3.8, 4) is 0 Å². The number of benzene rings is 2. The van der Waals surface area contributed by atoms with E-state index in [1.54, 1.807) is 23.5 Å². The Kier molecular flexibility index (Phi) is 9.99. The van der Waals surface area contributed by atoms with Crippen LogP contribution in [0.25, 0.3) is 0 Å². The van der Waals surface area contributed by atoms with Crippen LogP contribution in [0.4, 0.5) is 0 Å². The fourth-order valence-electron chi connectivity index (χ4n) is 1.93. The van der Waals surface area contributed by atoms with Crippen LogP contribution in [0.2, 0.25) is 0 Å². The third kappa shape index (κ3) is 8.76. The van der Waals surface area contributed by atoms with Crippen molar-refractivity contribution >= 4 is 23.5 Å². The van der Waals surface area contributed by atoms with Crippen molar-refractivity contribution in [3.05, 3.63) is 60.7 Å². The van der Waals surface area contributed by atoms with Crippen LogP contribution in [0.3, 0.4) is 0 Å². The summed E-state index contributed by atoms with van der Waals surface area (Å²) in [5.74, 6) is 1.57. The molecule has 2 aromatic rings. The van der Waals surface area contributed by atoms with Gasteiger partial charge in [-0.1, -0.05) is 36.4 Å². The molecule has 2 rings (SSSR count). The highest BCUT2D eigenvalue weighted by Crippen LogP contribution is 2.18. The molecule has 3 nitrogen and oxygen atoms in total. The van der Waals surface area contributed by atoms with Gasteiger partial charge >= 0.3 is 0 Å². The summed E-state index contributed by atoms with van der Waals surface area (Å²) in [4.78, 5) is 2.42. The summed E-state index contributed by atoms with van der Waals surface area (Å²) in [5, 5.41) is 9.89. The number of hydrogen-bond acceptors (Lipinski definition) is 5. The topological polar surface area (TPSA) is 38.7 Å². The van der Waals surface area contributed by atoms with Gasteiger partial charge in [-0.15, -0.1) is 23.5 Å². The average Bonchev–Trinajstić information content (AvgIpc) is 2.64. The molecule has 0 fully saturated rings. The Hall–Kier alpha value is -0.980.